The van der Waals surface area contributed by atoms with E-state index in [1.807, 2.05) is 6.07 Å². The number of halogens is 1. The Labute approximate surface area is 124 Å². The fourth-order valence-corrected chi connectivity index (χ4v) is 5.15. The van der Waals surface area contributed by atoms with Gasteiger partial charge in [0.1, 0.15) is 6.07 Å². The number of benzene rings is 1. The number of rotatable bonds is 2. The van der Waals surface area contributed by atoms with Gasteiger partial charge in [-0.2, -0.15) is 9.57 Å². The van der Waals surface area contributed by atoms with Crippen LogP contribution in [0.4, 0.5) is 0 Å². The summed E-state index contributed by atoms with van der Waals surface area (Å²) in [5.41, 5.74) is 0.295. The molecule has 1 aliphatic heterocycles. The minimum absolute atomic E-state index is 0.182. The molecule has 1 aromatic carbocycles. The highest BCUT2D eigenvalue weighted by Gasteiger charge is 2.41. The van der Waals surface area contributed by atoms with Crippen molar-refractivity contribution < 1.29 is 8.42 Å². The maximum atomic E-state index is 12.6. The summed E-state index contributed by atoms with van der Waals surface area (Å²) in [4.78, 5) is 0.182. The number of hydrogen-bond donors (Lipinski definition) is 0. The summed E-state index contributed by atoms with van der Waals surface area (Å²) in [7, 11) is -3.49. The second kappa shape index (κ2) is 5.03. The van der Waals surface area contributed by atoms with E-state index in [2.05, 4.69) is 0 Å². The van der Waals surface area contributed by atoms with Crippen LogP contribution in [0.15, 0.2) is 23.1 Å². The molecule has 3 rings (SSSR count). The van der Waals surface area contributed by atoms with Gasteiger partial charge in [0.05, 0.1) is 15.5 Å². The Hall–Kier alpha value is -1.09. The predicted octanol–water partition coefficient (Wildman–Crippen LogP) is 2.63. The van der Waals surface area contributed by atoms with Gasteiger partial charge in [0.25, 0.3) is 0 Å². The lowest BCUT2D eigenvalue weighted by atomic mass is 10.0. The Morgan fingerprint density at radius 1 is 1.25 bits per heavy atom. The molecule has 4 nitrogen and oxygen atoms in total. The van der Waals surface area contributed by atoms with Gasteiger partial charge in [-0.15, -0.1) is 0 Å². The predicted molar refractivity (Wildman–Crippen MR) is 75.8 cm³/mol. The van der Waals surface area contributed by atoms with Crippen LogP contribution < -0.4 is 0 Å². The van der Waals surface area contributed by atoms with Crippen molar-refractivity contribution in [3.63, 3.8) is 0 Å². The second-order valence-corrected chi connectivity index (χ2v) is 7.87. The van der Waals surface area contributed by atoms with Gasteiger partial charge in [-0.1, -0.05) is 18.0 Å². The fourth-order valence-electron chi connectivity index (χ4n) is 3.28. The first kappa shape index (κ1) is 13.9. The lowest BCUT2D eigenvalue weighted by Crippen LogP contribution is -2.29. The Morgan fingerprint density at radius 3 is 2.45 bits per heavy atom. The summed E-state index contributed by atoms with van der Waals surface area (Å²) in [5, 5.41) is 9.03. The Morgan fingerprint density at radius 2 is 1.90 bits per heavy atom. The van der Waals surface area contributed by atoms with Gasteiger partial charge in [-0.25, -0.2) is 8.42 Å². The molecule has 20 heavy (non-hydrogen) atoms. The summed E-state index contributed by atoms with van der Waals surface area (Å²) in [6.45, 7) is 1.23. The standard InChI is InChI=1S/C14H15ClN2O2S/c15-14-6-13(5-4-10(14)7-16)20(18,19)17-8-11-2-1-3-12(11)9-17/h4-6,11-12H,1-3,8-9H2. The zero-order valence-corrected chi connectivity index (χ0v) is 12.5. The van der Waals surface area contributed by atoms with Crippen LogP contribution in [-0.2, 0) is 10.0 Å². The van der Waals surface area contributed by atoms with Crippen molar-refractivity contribution in [3.8, 4) is 6.07 Å². The third-order valence-electron chi connectivity index (χ3n) is 4.39. The molecule has 1 aromatic rings. The van der Waals surface area contributed by atoms with E-state index < -0.39 is 10.0 Å². The Bertz CT molecular complexity index is 669. The van der Waals surface area contributed by atoms with E-state index in [0.29, 0.717) is 30.5 Å². The molecule has 2 aliphatic rings. The molecule has 1 saturated carbocycles. The largest absolute Gasteiger partial charge is 0.243 e. The topological polar surface area (TPSA) is 61.2 Å². The average Bonchev–Trinajstić information content (AvgIpc) is 2.99. The smallest absolute Gasteiger partial charge is 0.207 e. The minimum atomic E-state index is -3.49. The fraction of sp³-hybridized carbons (Fsp3) is 0.500. The SMILES string of the molecule is N#Cc1ccc(S(=O)(=O)N2CC3CCCC3C2)cc1Cl. The van der Waals surface area contributed by atoms with Crippen LogP contribution >= 0.6 is 11.6 Å². The van der Waals surface area contributed by atoms with Gasteiger partial charge >= 0.3 is 0 Å². The first-order valence-corrected chi connectivity index (χ1v) is 8.54. The van der Waals surface area contributed by atoms with E-state index >= 15 is 0 Å². The molecule has 1 saturated heterocycles. The molecule has 0 N–H and O–H groups in total. The highest BCUT2D eigenvalue weighted by Crippen LogP contribution is 2.40. The van der Waals surface area contributed by atoms with Gasteiger partial charge in [-0.3, -0.25) is 0 Å². The summed E-state index contributed by atoms with van der Waals surface area (Å²) in [6.07, 6.45) is 3.47. The average molecular weight is 311 g/mol. The van der Waals surface area contributed by atoms with E-state index in [-0.39, 0.29) is 9.92 Å². The molecule has 0 amide bonds. The lowest BCUT2D eigenvalue weighted by molar-refractivity contribution is 0.445. The molecule has 2 atom stereocenters. The molecule has 0 bridgehead atoms. The minimum Gasteiger partial charge on any atom is -0.207 e. The monoisotopic (exact) mass is 310 g/mol. The van der Waals surface area contributed by atoms with Gasteiger partial charge in [0, 0.05) is 13.1 Å². The maximum absolute atomic E-state index is 12.6. The second-order valence-electron chi connectivity index (χ2n) is 5.53. The molecule has 6 heteroatoms. The number of sulfonamides is 1. The third-order valence-corrected chi connectivity index (χ3v) is 6.53. The van der Waals surface area contributed by atoms with Crippen molar-refractivity contribution in [2.24, 2.45) is 11.8 Å². The van der Waals surface area contributed by atoms with Crippen LogP contribution in [0.5, 0.6) is 0 Å². The molecular weight excluding hydrogens is 296 g/mol. The molecular formula is C14H15ClN2O2S. The van der Waals surface area contributed by atoms with E-state index in [1.165, 1.54) is 24.6 Å². The number of nitriles is 1. The Kier molecular flexibility index (Phi) is 3.49. The summed E-state index contributed by atoms with van der Waals surface area (Å²) < 4.78 is 26.8. The highest BCUT2D eigenvalue weighted by atomic mass is 35.5. The Balaban J connectivity index is 1.89. The summed E-state index contributed by atoms with van der Waals surface area (Å²) in [5.74, 6) is 1.03. The van der Waals surface area contributed by atoms with Gasteiger partial charge in [0.15, 0.2) is 0 Å². The van der Waals surface area contributed by atoms with Crippen molar-refractivity contribution >= 4 is 21.6 Å². The molecule has 106 valence electrons. The molecule has 1 heterocycles. The zero-order chi connectivity index (χ0) is 14.3. The van der Waals surface area contributed by atoms with Crippen LogP contribution in [-0.4, -0.2) is 25.8 Å². The molecule has 0 aromatic heterocycles. The number of nitrogens with zero attached hydrogens (tertiary/aromatic N) is 2. The van der Waals surface area contributed by atoms with E-state index in [0.717, 1.165) is 12.8 Å². The molecule has 2 fully saturated rings. The molecule has 1 aliphatic carbocycles. The van der Waals surface area contributed by atoms with Crippen molar-refractivity contribution in [3.05, 3.63) is 28.8 Å². The van der Waals surface area contributed by atoms with Crippen LogP contribution in [0.3, 0.4) is 0 Å². The first-order valence-electron chi connectivity index (χ1n) is 6.72. The van der Waals surface area contributed by atoms with E-state index in [1.54, 1.807) is 4.31 Å². The van der Waals surface area contributed by atoms with Crippen LogP contribution in [0.1, 0.15) is 24.8 Å². The van der Waals surface area contributed by atoms with Crippen LogP contribution in [0.2, 0.25) is 5.02 Å². The first-order chi connectivity index (χ1) is 9.52. The number of hydrogen-bond acceptors (Lipinski definition) is 3. The zero-order valence-electron chi connectivity index (χ0n) is 10.9. The van der Waals surface area contributed by atoms with Crippen molar-refractivity contribution in [1.82, 2.24) is 4.31 Å². The van der Waals surface area contributed by atoms with Crippen LogP contribution in [0, 0.1) is 23.2 Å². The van der Waals surface area contributed by atoms with Crippen molar-refractivity contribution in [1.29, 1.82) is 5.26 Å². The van der Waals surface area contributed by atoms with Crippen molar-refractivity contribution in [2.45, 2.75) is 24.2 Å². The van der Waals surface area contributed by atoms with E-state index in [9.17, 15) is 8.42 Å². The highest BCUT2D eigenvalue weighted by molar-refractivity contribution is 7.89. The number of fused-ring (bicyclic) bond motifs is 1. The van der Waals surface area contributed by atoms with E-state index in [4.69, 9.17) is 16.9 Å². The van der Waals surface area contributed by atoms with Gasteiger partial charge in [-0.05, 0) is 42.9 Å². The molecule has 0 radical (unpaired) electrons. The molecule has 0 spiro atoms. The quantitative estimate of drug-likeness (QED) is 0.843. The summed E-state index contributed by atoms with van der Waals surface area (Å²) >= 11 is 5.93. The van der Waals surface area contributed by atoms with Crippen LogP contribution in [0.25, 0.3) is 0 Å². The van der Waals surface area contributed by atoms with Gasteiger partial charge in [0.2, 0.25) is 10.0 Å². The van der Waals surface area contributed by atoms with Crippen molar-refractivity contribution in [2.75, 3.05) is 13.1 Å². The maximum Gasteiger partial charge on any atom is 0.243 e. The lowest BCUT2D eigenvalue weighted by Gasteiger charge is -2.17. The summed E-state index contributed by atoms with van der Waals surface area (Å²) in [6, 6.07) is 6.24. The molecule has 2 unspecified atom stereocenters. The van der Waals surface area contributed by atoms with Gasteiger partial charge < -0.3 is 0 Å². The normalized spacial score (nSPS) is 26.4. The third kappa shape index (κ3) is 2.22.